The average molecular weight is 269 g/mol. The third-order valence-corrected chi connectivity index (χ3v) is 4.12. The van der Waals surface area contributed by atoms with E-state index < -0.39 is 12.0 Å². The SMILES string of the molecule is CC1CCN(C(=O)NCCN(C)C2CC2)C1C(=O)O. The number of carboxylic acid groups (broad SMARTS) is 1. The van der Waals surface area contributed by atoms with Gasteiger partial charge in [0.15, 0.2) is 0 Å². The Kier molecular flexibility index (Phi) is 4.29. The van der Waals surface area contributed by atoms with Gasteiger partial charge in [-0.15, -0.1) is 0 Å². The van der Waals surface area contributed by atoms with Crippen LogP contribution in [0.2, 0.25) is 0 Å². The molecule has 2 fully saturated rings. The summed E-state index contributed by atoms with van der Waals surface area (Å²) in [6, 6.07) is -0.252. The first-order valence-electron chi connectivity index (χ1n) is 6.98. The molecule has 0 aromatic heterocycles. The van der Waals surface area contributed by atoms with Crippen molar-refractivity contribution in [1.82, 2.24) is 15.1 Å². The van der Waals surface area contributed by atoms with Gasteiger partial charge in [-0.25, -0.2) is 9.59 Å². The van der Waals surface area contributed by atoms with Crippen molar-refractivity contribution in [1.29, 1.82) is 0 Å². The predicted octanol–water partition coefficient (Wildman–Crippen LogP) is 0.585. The van der Waals surface area contributed by atoms with E-state index in [9.17, 15) is 9.59 Å². The number of likely N-dealkylation sites (tertiary alicyclic amines) is 1. The topological polar surface area (TPSA) is 72.9 Å². The van der Waals surface area contributed by atoms with Crippen LogP contribution in [0.3, 0.4) is 0 Å². The highest BCUT2D eigenvalue weighted by molar-refractivity contribution is 5.83. The standard InChI is InChI=1S/C13H23N3O3/c1-9-5-7-16(11(9)12(17)18)13(19)14-6-8-15(2)10-3-4-10/h9-11H,3-8H2,1-2H3,(H,14,19)(H,17,18). The molecule has 1 aliphatic carbocycles. The fourth-order valence-electron chi connectivity index (χ4n) is 2.69. The molecule has 1 saturated carbocycles. The first-order chi connectivity index (χ1) is 9.00. The van der Waals surface area contributed by atoms with E-state index >= 15 is 0 Å². The lowest BCUT2D eigenvalue weighted by Crippen LogP contribution is -2.48. The Labute approximate surface area is 113 Å². The highest BCUT2D eigenvalue weighted by atomic mass is 16.4. The van der Waals surface area contributed by atoms with Gasteiger partial charge >= 0.3 is 12.0 Å². The van der Waals surface area contributed by atoms with E-state index in [0.29, 0.717) is 19.1 Å². The average Bonchev–Trinajstić information content (AvgIpc) is 3.11. The van der Waals surface area contributed by atoms with Crippen LogP contribution < -0.4 is 5.32 Å². The van der Waals surface area contributed by atoms with Crippen molar-refractivity contribution >= 4 is 12.0 Å². The van der Waals surface area contributed by atoms with Crippen molar-refractivity contribution in [3.8, 4) is 0 Å². The largest absolute Gasteiger partial charge is 0.480 e. The Balaban J connectivity index is 1.77. The summed E-state index contributed by atoms with van der Waals surface area (Å²) in [4.78, 5) is 26.9. The summed E-state index contributed by atoms with van der Waals surface area (Å²) in [6.45, 7) is 3.80. The van der Waals surface area contributed by atoms with Crippen molar-refractivity contribution in [3.63, 3.8) is 0 Å². The molecule has 19 heavy (non-hydrogen) atoms. The summed E-state index contributed by atoms with van der Waals surface area (Å²) in [5.74, 6) is -0.882. The molecule has 2 rings (SSSR count). The summed E-state index contributed by atoms with van der Waals surface area (Å²) in [5.41, 5.74) is 0. The molecule has 2 aliphatic rings. The maximum atomic E-state index is 12.0. The minimum atomic E-state index is -0.907. The third kappa shape index (κ3) is 3.37. The molecule has 2 unspecified atom stereocenters. The van der Waals surface area contributed by atoms with Crippen molar-refractivity contribution in [2.75, 3.05) is 26.7 Å². The normalized spacial score (nSPS) is 26.8. The molecule has 2 amide bonds. The fourth-order valence-corrected chi connectivity index (χ4v) is 2.69. The van der Waals surface area contributed by atoms with E-state index in [2.05, 4.69) is 17.3 Å². The lowest BCUT2D eigenvalue weighted by Gasteiger charge is -2.24. The quantitative estimate of drug-likeness (QED) is 0.766. The molecule has 6 heteroatoms. The summed E-state index contributed by atoms with van der Waals surface area (Å²) >= 11 is 0. The Morgan fingerprint density at radius 3 is 2.63 bits per heavy atom. The molecule has 108 valence electrons. The summed E-state index contributed by atoms with van der Waals surface area (Å²) in [7, 11) is 2.06. The van der Waals surface area contributed by atoms with Crippen LogP contribution in [0, 0.1) is 5.92 Å². The molecule has 1 aliphatic heterocycles. The van der Waals surface area contributed by atoms with Crippen LogP contribution in [0.15, 0.2) is 0 Å². The predicted molar refractivity (Wildman–Crippen MR) is 71.0 cm³/mol. The number of hydrogen-bond donors (Lipinski definition) is 2. The monoisotopic (exact) mass is 269 g/mol. The second-order valence-electron chi connectivity index (χ2n) is 5.69. The van der Waals surface area contributed by atoms with Crippen LogP contribution in [0.1, 0.15) is 26.2 Å². The molecule has 0 aromatic rings. The van der Waals surface area contributed by atoms with E-state index in [1.807, 2.05) is 6.92 Å². The summed E-state index contributed by atoms with van der Waals surface area (Å²) in [5, 5.41) is 12.0. The first kappa shape index (κ1) is 14.1. The number of carbonyl (C=O) groups is 2. The van der Waals surface area contributed by atoms with Gasteiger partial charge in [0.1, 0.15) is 6.04 Å². The zero-order valence-electron chi connectivity index (χ0n) is 11.6. The maximum Gasteiger partial charge on any atom is 0.326 e. The van der Waals surface area contributed by atoms with Crippen LogP contribution in [0.4, 0.5) is 4.79 Å². The number of rotatable bonds is 5. The van der Waals surface area contributed by atoms with Gasteiger partial charge in [-0.1, -0.05) is 6.92 Å². The number of likely N-dealkylation sites (N-methyl/N-ethyl adjacent to an activating group) is 1. The van der Waals surface area contributed by atoms with E-state index in [1.54, 1.807) is 0 Å². The van der Waals surface area contributed by atoms with Gasteiger partial charge in [0.25, 0.3) is 0 Å². The molecule has 0 spiro atoms. The second kappa shape index (κ2) is 5.77. The van der Waals surface area contributed by atoms with Crippen molar-refractivity contribution < 1.29 is 14.7 Å². The number of nitrogens with zero attached hydrogens (tertiary/aromatic N) is 2. The number of hydrogen-bond acceptors (Lipinski definition) is 3. The number of carboxylic acids is 1. The number of nitrogens with one attached hydrogen (secondary N) is 1. The van der Waals surface area contributed by atoms with Gasteiger partial charge in [-0.2, -0.15) is 0 Å². The third-order valence-electron chi connectivity index (χ3n) is 4.12. The Morgan fingerprint density at radius 2 is 2.05 bits per heavy atom. The minimum Gasteiger partial charge on any atom is -0.480 e. The van der Waals surface area contributed by atoms with Crippen molar-refractivity contribution in [3.05, 3.63) is 0 Å². The summed E-state index contributed by atoms with van der Waals surface area (Å²) in [6.07, 6.45) is 3.25. The Bertz CT molecular complexity index is 357. The van der Waals surface area contributed by atoms with Gasteiger partial charge in [0.2, 0.25) is 0 Å². The van der Waals surface area contributed by atoms with E-state index in [0.717, 1.165) is 13.0 Å². The minimum absolute atomic E-state index is 0.0254. The molecule has 6 nitrogen and oxygen atoms in total. The number of aliphatic carboxylic acids is 1. The molecule has 0 bridgehead atoms. The fraction of sp³-hybridized carbons (Fsp3) is 0.846. The molecule has 1 heterocycles. The van der Waals surface area contributed by atoms with Crippen LogP contribution in [-0.4, -0.2) is 65.7 Å². The molecule has 2 atom stereocenters. The van der Waals surface area contributed by atoms with E-state index in [4.69, 9.17) is 5.11 Å². The first-order valence-corrected chi connectivity index (χ1v) is 6.98. The zero-order chi connectivity index (χ0) is 14.0. The number of urea groups is 1. The van der Waals surface area contributed by atoms with Crippen molar-refractivity contribution in [2.24, 2.45) is 5.92 Å². The number of amides is 2. The van der Waals surface area contributed by atoms with Gasteiger partial charge in [0.05, 0.1) is 0 Å². The lowest BCUT2D eigenvalue weighted by atomic mass is 10.0. The van der Waals surface area contributed by atoms with Crippen LogP contribution >= 0.6 is 0 Å². The highest BCUT2D eigenvalue weighted by Gasteiger charge is 2.39. The van der Waals surface area contributed by atoms with Gasteiger partial charge in [-0.05, 0) is 32.2 Å². The highest BCUT2D eigenvalue weighted by Crippen LogP contribution is 2.25. The van der Waals surface area contributed by atoms with E-state index in [1.165, 1.54) is 17.7 Å². The van der Waals surface area contributed by atoms with Crippen LogP contribution in [0.25, 0.3) is 0 Å². The Hall–Kier alpha value is -1.30. The number of carbonyl (C=O) groups excluding carboxylic acids is 1. The maximum absolute atomic E-state index is 12.0. The van der Waals surface area contributed by atoms with Gasteiger partial charge in [0, 0.05) is 25.7 Å². The van der Waals surface area contributed by atoms with Crippen LogP contribution in [0.5, 0.6) is 0 Å². The van der Waals surface area contributed by atoms with Crippen LogP contribution in [-0.2, 0) is 4.79 Å². The second-order valence-corrected chi connectivity index (χ2v) is 5.69. The molecular weight excluding hydrogens is 246 g/mol. The lowest BCUT2D eigenvalue weighted by molar-refractivity contribution is -0.142. The van der Waals surface area contributed by atoms with E-state index in [-0.39, 0.29) is 11.9 Å². The molecule has 0 aromatic carbocycles. The molecule has 1 saturated heterocycles. The molecule has 2 N–H and O–H groups in total. The van der Waals surface area contributed by atoms with Crippen molar-refractivity contribution in [2.45, 2.75) is 38.3 Å². The van der Waals surface area contributed by atoms with Gasteiger partial charge < -0.3 is 20.2 Å². The van der Waals surface area contributed by atoms with Gasteiger partial charge in [-0.3, -0.25) is 0 Å². The smallest absolute Gasteiger partial charge is 0.326 e. The summed E-state index contributed by atoms with van der Waals surface area (Å²) < 4.78 is 0. The molecular formula is C13H23N3O3. The Morgan fingerprint density at radius 1 is 1.37 bits per heavy atom. The molecule has 0 radical (unpaired) electrons. The zero-order valence-corrected chi connectivity index (χ0v) is 11.6.